The molecule has 1 aromatic heterocycles. The molecular weight excluding hydrogens is 350 g/mol. The summed E-state index contributed by atoms with van der Waals surface area (Å²) in [5.74, 6) is 0.636. The summed E-state index contributed by atoms with van der Waals surface area (Å²) in [6.45, 7) is 6.46. The smallest absolute Gasteiger partial charge is 0.254 e. The SMILES string of the molecule is CC(C)CN1CCN(C(=O)c2ccc3[nH]ccc3c2)[C@@H]2CS(=O)(=O)C[C@@H]21. The van der Waals surface area contributed by atoms with Crippen molar-refractivity contribution in [1.29, 1.82) is 0 Å². The molecule has 0 radical (unpaired) electrons. The minimum absolute atomic E-state index is 0.0654. The van der Waals surface area contributed by atoms with E-state index in [1.54, 1.807) is 4.90 Å². The maximum absolute atomic E-state index is 13.2. The maximum Gasteiger partial charge on any atom is 0.254 e. The fraction of sp³-hybridized carbons (Fsp3) is 0.526. The number of carbonyl (C=O) groups is 1. The van der Waals surface area contributed by atoms with Crippen molar-refractivity contribution in [2.24, 2.45) is 5.92 Å². The van der Waals surface area contributed by atoms with Crippen molar-refractivity contribution in [3.05, 3.63) is 36.0 Å². The Labute approximate surface area is 154 Å². The summed E-state index contributed by atoms with van der Waals surface area (Å²) >= 11 is 0. The van der Waals surface area contributed by atoms with E-state index < -0.39 is 9.84 Å². The van der Waals surface area contributed by atoms with Crippen LogP contribution in [0.15, 0.2) is 30.5 Å². The van der Waals surface area contributed by atoms with Gasteiger partial charge in [0, 0.05) is 48.3 Å². The Morgan fingerprint density at radius 1 is 1.19 bits per heavy atom. The number of hydrogen-bond donors (Lipinski definition) is 1. The van der Waals surface area contributed by atoms with Crippen LogP contribution in [0.2, 0.25) is 0 Å². The topological polar surface area (TPSA) is 73.5 Å². The highest BCUT2D eigenvalue weighted by Gasteiger charge is 2.48. The van der Waals surface area contributed by atoms with Gasteiger partial charge < -0.3 is 9.88 Å². The van der Waals surface area contributed by atoms with E-state index in [-0.39, 0.29) is 29.5 Å². The van der Waals surface area contributed by atoms with E-state index in [0.717, 1.165) is 24.0 Å². The fourth-order valence-corrected chi connectivity index (χ4v) is 6.34. The highest BCUT2D eigenvalue weighted by molar-refractivity contribution is 7.91. The van der Waals surface area contributed by atoms with Gasteiger partial charge in [-0.15, -0.1) is 0 Å². The average molecular weight is 375 g/mol. The molecule has 1 N–H and O–H groups in total. The Morgan fingerprint density at radius 2 is 1.96 bits per heavy atom. The van der Waals surface area contributed by atoms with Gasteiger partial charge in [-0.2, -0.15) is 0 Å². The number of benzene rings is 1. The average Bonchev–Trinajstić information content (AvgIpc) is 3.16. The van der Waals surface area contributed by atoms with Crippen molar-refractivity contribution < 1.29 is 13.2 Å². The van der Waals surface area contributed by atoms with E-state index >= 15 is 0 Å². The molecule has 2 fully saturated rings. The van der Waals surface area contributed by atoms with Crippen molar-refractivity contribution >= 4 is 26.6 Å². The second-order valence-corrected chi connectivity index (χ2v) is 10.0. The number of sulfone groups is 1. The van der Waals surface area contributed by atoms with E-state index in [0.29, 0.717) is 18.0 Å². The van der Waals surface area contributed by atoms with Crippen molar-refractivity contribution in [1.82, 2.24) is 14.8 Å². The number of H-pyrrole nitrogens is 1. The molecule has 3 heterocycles. The molecule has 26 heavy (non-hydrogen) atoms. The number of piperazine rings is 1. The predicted molar refractivity (Wildman–Crippen MR) is 102 cm³/mol. The summed E-state index contributed by atoms with van der Waals surface area (Å²) < 4.78 is 24.6. The largest absolute Gasteiger partial charge is 0.361 e. The Balaban J connectivity index is 1.62. The molecule has 2 atom stereocenters. The monoisotopic (exact) mass is 375 g/mol. The number of aromatic nitrogens is 1. The van der Waals surface area contributed by atoms with Gasteiger partial charge in [-0.3, -0.25) is 9.69 Å². The molecule has 2 aromatic rings. The lowest BCUT2D eigenvalue weighted by molar-refractivity contribution is 0.0297. The van der Waals surface area contributed by atoms with Gasteiger partial charge >= 0.3 is 0 Å². The number of hydrogen-bond acceptors (Lipinski definition) is 4. The van der Waals surface area contributed by atoms with Crippen LogP contribution in [0, 0.1) is 5.92 Å². The quantitative estimate of drug-likeness (QED) is 0.887. The summed E-state index contributed by atoms with van der Waals surface area (Å²) in [4.78, 5) is 20.3. The maximum atomic E-state index is 13.2. The molecule has 1 amide bonds. The zero-order chi connectivity index (χ0) is 18.5. The summed E-state index contributed by atoms with van der Waals surface area (Å²) in [7, 11) is -3.11. The van der Waals surface area contributed by atoms with Crippen LogP contribution in [0.1, 0.15) is 24.2 Å². The van der Waals surface area contributed by atoms with E-state index in [1.807, 2.05) is 30.5 Å². The second kappa shape index (κ2) is 6.39. The molecule has 6 nitrogen and oxygen atoms in total. The standard InChI is InChI=1S/C19H25N3O3S/c1-13(2)10-21-7-8-22(18-12-26(24,25)11-17(18)21)19(23)15-3-4-16-14(9-15)5-6-20-16/h3-6,9,13,17-18,20H,7-8,10-12H2,1-2H3/t17-,18+/m0/s1. The number of rotatable bonds is 3. The first-order valence-corrected chi connectivity index (χ1v) is 11.0. The minimum atomic E-state index is -3.11. The Morgan fingerprint density at radius 3 is 2.73 bits per heavy atom. The summed E-state index contributed by atoms with van der Waals surface area (Å²) in [5, 5.41) is 0.991. The first-order valence-electron chi connectivity index (χ1n) is 9.16. The highest BCUT2D eigenvalue weighted by atomic mass is 32.2. The second-order valence-electron chi connectivity index (χ2n) is 7.88. The molecule has 2 saturated heterocycles. The zero-order valence-electron chi connectivity index (χ0n) is 15.2. The Bertz CT molecular complexity index is 934. The van der Waals surface area contributed by atoms with Crippen molar-refractivity contribution in [2.75, 3.05) is 31.1 Å². The molecule has 0 unspecified atom stereocenters. The molecule has 4 rings (SSSR count). The normalized spacial score (nSPS) is 25.7. The third-order valence-electron chi connectivity index (χ3n) is 5.45. The molecule has 140 valence electrons. The molecular formula is C19H25N3O3S. The number of nitrogens with zero attached hydrogens (tertiary/aromatic N) is 2. The lowest BCUT2D eigenvalue weighted by Crippen LogP contribution is -2.61. The molecule has 7 heteroatoms. The van der Waals surface area contributed by atoms with Gasteiger partial charge in [-0.1, -0.05) is 13.8 Å². The van der Waals surface area contributed by atoms with Crippen LogP contribution in [0.25, 0.3) is 10.9 Å². The van der Waals surface area contributed by atoms with Gasteiger partial charge in [0.1, 0.15) is 0 Å². The molecule has 0 spiro atoms. The van der Waals surface area contributed by atoms with Gasteiger partial charge in [-0.05, 0) is 30.2 Å². The van der Waals surface area contributed by atoms with Crippen LogP contribution in [-0.4, -0.2) is 72.3 Å². The van der Waals surface area contributed by atoms with Crippen LogP contribution in [-0.2, 0) is 9.84 Å². The summed E-state index contributed by atoms with van der Waals surface area (Å²) in [6.07, 6.45) is 1.85. The van der Waals surface area contributed by atoms with Gasteiger partial charge in [0.15, 0.2) is 9.84 Å². The van der Waals surface area contributed by atoms with Crippen LogP contribution < -0.4 is 0 Å². The third kappa shape index (κ3) is 3.14. The number of fused-ring (bicyclic) bond motifs is 2. The summed E-state index contributed by atoms with van der Waals surface area (Å²) in [5.41, 5.74) is 1.61. The number of carbonyl (C=O) groups excluding carboxylic acids is 1. The number of amides is 1. The lowest BCUT2D eigenvalue weighted by Gasteiger charge is -2.44. The number of nitrogens with one attached hydrogen (secondary N) is 1. The number of aromatic amines is 1. The van der Waals surface area contributed by atoms with Gasteiger partial charge in [-0.25, -0.2) is 8.42 Å². The fourth-order valence-electron chi connectivity index (χ4n) is 4.32. The molecule has 0 aliphatic carbocycles. The van der Waals surface area contributed by atoms with Crippen molar-refractivity contribution in [3.63, 3.8) is 0 Å². The first-order chi connectivity index (χ1) is 12.3. The van der Waals surface area contributed by atoms with Gasteiger partial charge in [0.05, 0.1) is 17.5 Å². The predicted octanol–water partition coefficient (Wildman–Crippen LogP) is 1.75. The van der Waals surface area contributed by atoms with Crippen molar-refractivity contribution in [3.8, 4) is 0 Å². The molecule has 2 aliphatic heterocycles. The first kappa shape index (κ1) is 17.5. The van der Waals surface area contributed by atoms with E-state index in [4.69, 9.17) is 0 Å². The Kier molecular flexibility index (Phi) is 4.31. The van der Waals surface area contributed by atoms with Crippen LogP contribution in [0.3, 0.4) is 0 Å². The third-order valence-corrected chi connectivity index (χ3v) is 7.15. The van der Waals surface area contributed by atoms with E-state index in [2.05, 4.69) is 23.7 Å². The molecule has 0 saturated carbocycles. The summed E-state index contributed by atoms with van der Waals surface area (Å²) in [6, 6.07) is 7.21. The minimum Gasteiger partial charge on any atom is -0.361 e. The lowest BCUT2D eigenvalue weighted by atomic mass is 10.0. The van der Waals surface area contributed by atoms with Crippen molar-refractivity contribution in [2.45, 2.75) is 25.9 Å². The highest BCUT2D eigenvalue weighted by Crippen LogP contribution is 2.29. The van der Waals surface area contributed by atoms with Gasteiger partial charge in [0.25, 0.3) is 5.91 Å². The molecule has 1 aromatic carbocycles. The molecule has 0 bridgehead atoms. The van der Waals surface area contributed by atoms with E-state index in [9.17, 15) is 13.2 Å². The van der Waals surface area contributed by atoms with Crippen LogP contribution in [0.4, 0.5) is 0 Å². The Hall–Kier alpha value is -1.86. The molecule has 2 aliphatic rings. The van der Waals surface area contributed by atoms with Gasteiger partial charge in [0.2, 0.25) is 0 Å². The zero-order valence-corrected chi connectivity index (χ0v) is 16.0. The van der Waals surface area contributed by atoms with Crippen LogP contribution >= 0.6 is 0 Å². The van der Waals surface area contributed by atoms with Crippen LogP contribution in [0.5, 0.6) is 0 Å². The van der Waals surface area contributed by atoms with E-state index in [1.165, 1.54) is 0 Å².